The van der Waals surface area contributed by atoms with Gasteiger partial charge in [-0.05, 0) is 64.8 Å². The van der Waals surface area contributed by atoms with E-state index in [1.54, 1.807) is 0 Å². The molecule has 1 fully saturated rings. The first kappa shape index (κ1) is 15.7. The Morgan fingerprint density at radius 1 is 0.885 bits per heavy atom. The quantitative estimate of drug-likeness (QED) is 0.523. The zero-order valence-electron chi connectivity index (χ0n) is 15.0. The van der Waals surface area contributed by atoms with E-state index in [1.807, 2.05) is 0 Å². The molecule has 4 aromatic rings. The second-order valence-electron chi connectivity index (χ2n) is 7.53. The van der Waals surface area contributed by atoms with Crippen LogP contribution < -0.4 is 5.32 Å². The van der Waals surface area contributed by atoms with E-state index < -0.39 is 0 Å². The van der Waals surface area contributed by atoms with E-state index in [1.165, 1.54) is 39.1 Å². The SMILES string of the molecule is CN1CCC(NC(c2ccc3c[nH]cc3c2)c2ccc3c[nH]cc3c2)C1. The number of nitrogens with zero attached hydrogens (tertiary/aromatic N) is 1. The molecule has 3 heterocycles. The number of benzene rings is 2. The zero-order chi connectivity index (χ0) is 17.5. The monoisotopic (exact) mass is 344 g/mol. The van der Waals surface area contributed by atoms with Crippen molar-refractivity contribution in [2.24, 2.45) is 0 Å². The van der Waals surface area contributed by atoms with Crippen LogP contribution in [0.4, 0.5) is 0 Å². The molecule has 0 spiro atoms. The van der Waals surface area contributed by atoms with Gasteiger partial charge in [0.25, 0.3) is 0 Å². The van der Waals surface area contributed by atoms with Gasteiger partial charge < -0.3 is 20.2 Å². The average Bonchev–Trinajstić information content (AvgIpc) is 3.39. The summed E-state index contributed by atoms with van der Waals surface area (Å²) in [5.41, 5.74) is 2.64. The summed E-state index contributed by atoms with van der Waals surface area (Å²) in [4.78, 5) is 8.83. The van der Waals surface area contributed by atoms with Crippen LogP contribution in [0.5, 0.6) is 0 Å². The average molecular weight is 344 g/mol. The number of aromatic nitrogens is 2. The van der Waals surface area contributed by atoms with Crippen LogP contribution in [0, 0.1) is 0 Å². The Kier molecular flexibility index (Phi) is 3.80. The van der Waals surface area contributed by atoms with Gasteiger partial charge >= 0.3 is 0 Å². The molecule has 2 aromatic heterocycles. The maximum Gasteiger partial charge on any atom is 0.0579 e. The van der Waals surface area contributed by atoms with Gasteiger partial charge in [0.15, 0.2) is 0 Å². The summed E-state index contributed by atoms with van der Waals surface area (Å²) in [5.74, 6) is 0. The van der Waals surface area contributed by atoms with Crippen molar-refractivity contribution in [1.82, 2.24) is 20.2 Å². The highest BCUT2D eigenvalue weighted by molar-refractivity contribution is 5.84. The molecule has 1 saturated heterocycles. The van der Waals surface area contributed by atoms with Crippen LogP contribution in [0.2, 0.25) is 0 Å². The normalized spacial score (nSPS) is 18.5. The Labute approximate surface area is 153 Å². The molecule has 4 heteroatoms. The van der Waals surface area contributed by atoms with E-state index in [0.29, 0.717) is 6.04 Å². The molecule has 1 aliphatic rings. The summed E-state index contributed by atoms with van der Waals surface area (Å²) in [6.07, 6.45) is 9.47. The molecule has 0 saturated carbocycles. The molecule has 0 amide bonds. The lowest BCUT2D eigenvalue weighted by atomic mass is 9.95. The van der Waals surface area contributed by atoms with E-state index in [0.717, 1.165) is 13.1 Å². The van der Waals surface area contributed by atoms with Crippen molar-refractivity contribution in [2.75, 3.05) is 20.1 Å². The Morgan fingerprint density at radius 2 is 1.46 bits per heavy atom. The van der Waals surface area contributed by atoms with Crippen molar-refractivity contribution in [3.8, 4) is 0 Å². The predicted octanol–water partition coefficient (Wildman–Crippen LogP) is 4.03. The van der Waals surface area contributed by atoms with E-state index in [-0.39, 0.29) is 6.04 Å². The summed E-state index contributed by atoms with van der Waals surface area (Å²) < 4.78 is 0. The van der Waals surface area contributed by atoms with Crippen LogP contribution in [-0.4, -0.2) is 41.0 Å². The van der Waals surface area contributed by atoms with Gasteiger partial charge in [0, 0.05) is 37.4 Å². The zero-order valence-corrected chi connectivity index (χ0v) is 15.0. The maximum absolute atomic E-state index is 3.93. The van der Waals surface area contributed by atoms with E-state index in [2.05, 4.69) is 88.4 Å². The lowest BCUT2D eigenvalue weighted by Crippen LogP contribution is -2.35. The second kappa shape index (κ2) is 6.31. The van der Waals surface area contributed by atoms with Gasteiger partial charge in [-0.15, -0.1) is 0 Å². The molecule has 5 rings (SSSR count). The van der Waals surface area contributed by atoms with Gasteiger partial charge in [0.1, 0.15) is 0 Å². The van der Waals surface area contributed by atoms with Crippen molar-refractivity contribution in [3.63, 3.8) is 0 Å². The third-order valence-electron chi connectivity index (χ3n) is 5.64. The molecule has 2 aromatic carbocycles. The summed E-state index contributed by atoms with van der Waals surface area (Å²) >= 11 is 0. The maximum atomic E-state index is 3.93. The molecule has 0 radical (unpaired) electrons. The topological polar surface area (TPSA) is 46.8 Å². The summed E-state index contributed by atoms with van der Waals surface area (Å²) in [7, 11) is 2.20. The lowest BCUT2D eigenvalue weighted by molar-refractivity contribution is 0.391. The largest absolute Gasteiger partial charge is 0.366 e. The number of likely N-dealkylation sites (tertiary alicyclic amines) is 1. The predicted molar refractivity (Wildman–Crippen MR) is 107 cm³/mol. The van der Waals surface area contributed by atoms with Gasteiger partial charge in [0.2, 0.25) is 0 Å². The molecule has 132 valence electrons. The third kappa shape index (κ3) is 2.81. The number of rotatable bonds is 4. The minimum Gasteiger partial charge on any atom is -0.366 e. The van der Waals surface area contributed by atoms with Crippen molar-refractivity contribution in [1.29, 1.82) is 0 Å². The third-order valence-corrected chi connectivity index (χ3v) is 5.64. The number of fused-ring (bicyclic) bond motifs is 2. The molecule has 1 unspecified atom stereocenters. The Hall–Kier alpha value is -2.56. The van der Waals surface area contributed by atoms with Crippen LogP contribution in [0.1, 0.15) is 23.6 Å². The first-order valence-electron chi connectivity index (χ1n) is 9.34. The van der Waals surface area contributed by atoms with Crippen molar-refractivity contribution >= 4 is 21.5 Å². The molecule has 0 bridgehead atoms. The van der Waals surface area contributed by atoms with Crippen LogP contribution in [0.3, 0.4) is 0 Å². The van der Waals surface area contributed by atoms with Crippen LogP contribution in [-0.2, 0) is 0 Å². The number of nitrogens with one attached hydrogen (secondary N) is 3. The number of H-pyrrole nitrogens is 2. The number of hydrogen-bond donors (Lipinski definition) is 3. The van der Waals surface area contributed by atoms with Crippen LogP contribution >= 0.6 is 0 Å². The first-order valence-corrected chi connectivity index (χ1v) is 9.34. The van der Waals surface area contributed by atoms with Crippen molar-refractivity contribution in [2.45, 2.75) is 18.5 Å². The van der Waals surface area contributed by atoms with Gasteiger partial charge in [-0.2, -0.15) is 0 Å². The highest BCUT2D eigenvalue weighted by atomic mass is 15.2. The highest BCUT2D eigenvalue weighted by Crippen LogP contribution is 2.29. The van der Waals surface area contributed by atoms with Gasteiger partial charge in [0.05, 0.1) is 6.04 Å². The standard InChI is InChI=1S/C22H24N4/c1-26-7-6-21(14-26)25-22(15-2-4-17-10-23-12-19(17)8-15)16-3-5-18-11-24-13-20(18)9-16/h2-5,8-13,21-25H,6-7,14H2,1H3. The minimum atomic E-state index is 0.199. The Balaban J connectivity index is 1.56. The van der Waals surface area contributed by atoms with Gasteiger partial charge in [-0.3, -0.25) is 0 Å². The lowest BCUT2D eigenvalue weighted by Gasteiger charge is -2.24. The summed E-state index contributed by atoms with van der Waals surface area (Å²) in [6, 6.07) is 14.3. The van der Waals surface area contributed by atoms with Gasteiger partial charge in [-0.25, -0.2) is 0 Å². The van der Waals surface area contributed by atoms with Crippen LogP contribution in [0.25, 0.3) is 21.5 Å². The van der Waals surface area contributed by atoms with Crippen molar-refractivity contribution in [3.05, 3.63) is 72.3 Å². The molecular weight excluding hydrogens is 320 g/mol. The fourth-order valence-electron chi connectivity index (χ4n) is 4.19. The van der Waals surface area contributed by atoms with Gasteiger partial charge in [-0.1, -0.05) is 24.3 Å². The number of likely N-dealkylation sites (N-methyl/N-ethyl adjacent to an activating group) is 1. The Morgan fingerprint density at radius 3 is 2.00 bits per heavy atom. The molecule has 1 atom stereocenters. The number of aromatic amines is 2. The highest BCUT2D eigenvalue weighted by Gasteiger charge is 2.24. The second-order valence-corrected chi connectivity index (χ2v) is 7.53. The van der Waals surface area contributed by atoms with Crippen LogP contribution in [0.15, 0.2) is 61.2 Å². The molecular formula is C22H24N4. The van der Waals surface area contributed by atoms with E-state index in [9.17, 15) is 0 Å². The fourth-order valence-corrected chi connectivity index (χ4v) is 4.19. The molecule has 0 aliphatic carbocycles. The molecule has 26 heavy (non-hydrogen) atoms. The summed E-state index contributed by atoms with van der Waals surface area (Å²) in [6.45, 7) is 2.27. The van der Waals surface area contributed by atoms with E-state index >= 15 is 0 Å². The minimum absolute atomic E-state index is 0.199. The van der Waals surface area contributed by atoms with E-state index in [4.69, 9.17) is 0 Å². The first-order chi connectivity index (χ1) is 12.8. The molecule has 1 aliphatic heterocycles. The van der Waals surface area contributed by atoms with Crippen molar-refractivity contribution < 1.29 is 0 Å². The fraction of sp³-hybridized carbons (Fsp3) is 0.273. The summed E-state index contributed by atoms with van der Waals surface area (Å²) in [5, 5.41) is 8.98. The number of hydrogen-bond acceptors (Lipinski definition) is 2. The Bertz CT molecular complexity index is 970. The molecule has 3 N–H and O–H groups in total. The molecule has 4 nitrogen and oxygen atoms in total. The smallest absolute Gasteiger partial charge is 0.0579 e.